The number of rotatable bonds is 3. The topological polar surface area (TPSA) is 17.3 Å². The minimum atomic E-state index is -1.85. The van der Waals surface area contributed by atoms with Crippen LogP contribution in [-0.2, 0) is 17.0 Å². The summed E-state index contributed by atoms with van der Waals surface area (Å²) in [6, 6.07) is 9.57. The van der Waals surface area contributed by atoms with Crippen LogP contribution in [0.3, 0.4) is 0 Å². The molecule has 2 fully saturated rings. The second-order valence-electron chi connectivity index (χ2n) is 10.5. The molecule has 6 rings (SSSR count). The fourth-order valence-corrected chi connectivity index (χ4v) is 12.4. The van der Waals surface area contributed by atoms with E-state index in [4.69, 9.17) is 23.9 Å². The molecule has 35 heavy (non-hydrogen) atoms. The van der Waals surface area contributed by atoms with Crippen molar-refractivity contribution in [3.63, 3.8) is 0 Å². The van der Waals surface area contributed by atoms with Gasteiger partial charge < -0.3 is 17.3 Å². The number of fused-ring (bicyclic) bond motifs is 6. The van der Waals surface area contributed by atoms with Crippen LogP contribution in [0.4, 0.5) is 0 Å². The zero-order valence-corrected chi connectivity index (χ0v) is 25.1. The van der Waals surface area contributed by atoms with Crippen molar-refractivity contribution >= 4 is 32.9 Å². The molecule has 5 unspecified atom stereocenters. The Morgan fingerprint density at radius 1 is 0.886 bits per heavy atom. The van der Waals surface area contributed by atoms with Crippen LogP contribution in [0.1, 0.15) is 30.5 Å². The molecule has 5 aliphatic rings. The predicted molar refractivity (Wildman–Crippen MR) is 151 cm³/mol. The van der Waals surface area contributed by atoms with E-state index in [2.05, 4.69) is 110 Å². The summed E-state index contributed by atoms with van der Waals surface area (Å²) in [7, 11) is 7.93. The molecule has 4 aliphatic carbocycles. The van der Waals surface area contributed by atoms with Crippen LogP contribution in [0.15, 0.2) is 78.9 Å². The van der Waals surface area contributed by atoms with Crippen molar-refractivity contribution < 1.29 is 17.0 Å². The Bertz CT molecular complexity index is 1010. The maximum absolute atomic E-state index is 5.44. The van der Waals surface area contributed by atoms with E-state index in [1.54, 1.807) is 0 Å². The number of nitrogens with zero attached hydrogens (tertiary/aromatic N) is 2. The van der Waals surface area contributed by atoms with Gasteiger partial charge in [-0.2, -0.15) is 0 Å². The van der Waals surface area contributed by atoms with Crippen LogP contribution in [0.5, 0.6) is 0 Å². The molecular weight excluding hydrogens is 523 g/mol. The maximum atomic E-state index is 5.44. The first-order valence-electron chi connectivity index (χ1n) is 12.4. The zero-order chi connectivity index (χ0) is 23.9. The van der Waals surface area contributed by atoms with E-state index >= 15 is 0 Å². The second kappa shape index (κ2) is 11.4. The molecular formula is C29H36Cl2N2SiTi-2. The Labute approximate surface area is 230 Å². The normalized spacial score (nSPS) is 35.8. The third-order valence-corrected chi connectivity index (χ3v) is 13.0. The van der Waals surface area contributed by atoms with Crippen LogP contribution in [0, 0.1) is 31.1 Å². The summed E-state index contributed by atoms with van der Waals surface area (Å²) in [5, 5.41) is 5.44. The average molecular weight is 559 g/mol. The van der Waals surface area contributed by atoms with E-state index in [9.17, 15) is 0 Å². The predicted octanol–water partition coefficient (Wildman–Crippen LogP) is 8.68. The molecule has 0 bridgehead atoms. The van der Waals surface area contributed by atoms with Gasteiger partial charge in [0.05, 0.1) is 0 Å². The van der Waals surface area contributed by atoms with Gasteiger partial charge in [0.1, 0.15) is 8.24 Å². The molecule has 0 radical (unpaired) electrons. The summed E-state index contributed by atoms with van der Waals surface area (Å²) in [5.41, 5.74) is 3.48. The number of allylic oxidation sites excluding steroid dienone is 8. The summed E-state index contributed by atoms with van der Waals surface area (Å²) in [6.45, 7) is 7.61. The van der Waals surface area contributed by atoms with Crippen molar-refractivity contribution in [1.82, 2.24) is 4.57 Å². The molecule has 1 saturated carbocycles. The first-order chi connectivity index (χ1) is 16.5. The molecule has 0 amide bonds. The standard InChI is InChI=1S/C28H33N2Si.CH3.2ClH.Ti/c1-4-26-29-27-20-12-6-5-11-19(20)17-18-25(27)30(26)31(2,3)28-23-15-9-7-13-21(23)22-14-8-10-16-24(22)28;;;;/h5-18,21-28H,4H2,1-3H3;1H3;2*1H;/q2*-1;;;+2/p-2/t21?,22?,23?,24?,25-,26+,27?,28?;;;;/m1..../s1. The number of halogens is 2. The first-order valence-corrected chi connectivity index (χ1v) is 19.8. The van der Waals surface area contributed by atoms with Gasteiger partial charge in [0.15, 0.2) is 0 Å². The quantitative estimate of drug-likeness (QED) is 0.268. The molecule has 1 aromatic rings. The fourth-order valence-electron chi connectivity index (χ4n) is 7.50. The van der Waals surface area contributed by atoms with Gasteiger partial charge in [0.2, 0.25) is 0 Å². The first kappa shape index (κ1) is 27.4. The molecule has 0 spiro atoms. The van der Waals surface area contributed by atoms with Crippen LogP contribution in [-0.4, -0.2) is 25.0 Å². The van der Waals surface area contributed by atoms with Crippen molar-refractivity contribution in [2.45, 2.75) is 50.2 Å². The van der Waals surface area contributed by atoms with Crippen LogP contribution in [0.25, 0.3) is 11.4 Å². The molecule has 6 heteroatoms. The van der Waals surface area contributed by atoms with E-state index in [0.29, 0.717) is 41.4 Å². The molecule has 7 atom stereocenters. The average Bonchev–Trinajstić information content (AvgIpc) is 3.41. The third kappa shape index (κ3) is 4.72. The van der Waals surface area contributed by atoms with E-state index in [-0.39, 0.29) is 13.5 Å². The van der Waals surface area contributed by atoms with Crippen molar-refractivity contribution in [2.24, 2.45) is 23.7 Å². The van der Waals surface area contributed by atoms with Crippen LogP contribution >= 0.6 is 18.6 Å². The second-order valence-corrected chi connectivity index (χ2v) is 17.5. The summed E-state index contributed by atoms with van der Waals surface area (Å²) < 4.78 is 2.92. The van der Waals surface area contributed by atoms with Gasteiger partial charge in [-0.25, -0.2) is 0 Å². The van der Waals surface area contributed by atoms with Gasteiger partial charge in [-0.15, -0.1) is 0 Å². The zero-order valence-electron chi connectivity index (χ0n) is 21.1. The van der Waals surface area contributed by atoms with E-state index in [0.717, 1.165) is 6.42 Å². The number of benzene rings is 1. The van der Waals surface area contributed by atoms with Gasteiger partial charge >= 0.3 is 35.6 Å². The SMILES string of the molecule is CC[C@H]1[N-]C2c3ccccc3C=C[C@H]2N1[Si](C)(C)C1C2C=CC=CC2C2C=CC=CC21.[CH3-].[Cl][Ti][Cl]. The number of hydrogen-bond acceptors (Lipinski definition) is 1. The summed E-state index contributed by atoms with van der Waals surface area (Å²) in [6.07, 6.45) is 25.4. The van der Waals surface area contributed by atoms with Crippen molar-refractivity contribution in [2.75, 3.05) is 0 Å². The van der Waals surface area contributed by atoms with E-state index in [1.807, 2.05) is 0 Å². The van der Waals surface area contributed by atoms with E-state index < -0.39 is 25.3 Å². The Morgan fingerprint density at radius 2 is 1.43 bits per heavy atom. The van der Waals surface area contributed by atoms with Crippen LogP contribution < -0.4 is 0 Å². The molecule has 0 N–H and O–H groups in total. The molecule has 1 saturated heterocycles. The molecule has 1 aliphatic heterocycles. The number of hydrogen-bond donors (Lipinski definition) is 0. The summed E-state index contributed by atoms with van der Waals surface area (Å²) >= 11 is -0.556. The third-order valence-electron chi connectivity index (χ3n) is 8.65. The Balaban J connectivity index is 0.000000689. The van der Waals surface area contributed by atoms with E-state index in [1.165, 1.54) is 11.1 Å². The van der Waals surface area contributed by atoms with Gasteiger partial charge in [-0.1, -0.05) is 129 Å². The minimum absolute atomic E-state index is 0. The van der Waals surface area contributed by atoms with Crippen molar-refractivity contribution in [3.05, 3.63) is 103 Å². The summed E-state index contributed by atoms with van der Waals surface area (Å²) in [5.74, 6) is 2.58. The van der Waals surface area contributed by atoms with Gasteiger partial charge in [0, 0.05) is 6.04 Å². The molecule has 1 heterocycles. The Morgan fingerprint density at radius 3 is 2.00 bits per heavy atom. The molecule has 186 valence electrons. The van der Waals surface area contributed by atoms with Gasteiger partial charge in [-0.3, -0.25) is 0 Å². The summed E-state index contributed by atoms with van der Waals surface area (Å²) in [4.78, 5) is 0. The monoisotopic (exact) mass is 558 g/mol. The molecule has 2 nitrogen and oxygen atoms in total. The van der Waals surface area contributed by atoms with Crippen molar-refractivity contribution in [3.8, 4) is 0 Å². The van der Waals surface area contributed by atoms with Crippen molar-refractivity contribution in [1.29, 1.82) is 0 Å². The Hall–Kier alpha value is -0.649. The van der Waals surface area contributed by atoms with Gasteiger partial charge in [0.25, 0.3) is 0 Å². The molecule has 1 aromatic carbocycles. The molecule has 0 aromatic heterocycles. The van der Waals surface area contributed by atoms with Crippen LogP contribution in [0.2, 0.25) is 18.6 Å². The fraction of sp³-hybridized carbons (Fsp3) is 0.414. The Kier molecular flexibility index (Phi) is 8.92. The van der Waals surface area contributed by atoms with Gasteiger partial charge in [-0.05, 0) is 34.8 Å².